The molecule has 0 spiro atoms. The Kier molecular flexibility index (Phi) is 6.31. The lowest BCUT2D eigenvalue weighted by molar-refractivity contribution is -0.384. The molecule has 7 nitrogen and oxygen atoms in total. The SMILES string of the molecule is CCOc1ccc(NC(=O)/C(C#N)=C\c2ccc(Cl)c([N+](=O)[O-])c2)cc1. The topological polar surface area (TPSA) is 105 Å². The Morgan fingerprint density at radius 3 is 2.62 bits per heavy atom. The number of amides is 1. The fourth-order valence-corrected chi connectivity index (χ4v) is 2.26. The molecular weight excluding hydrogens is 358 g/mol. The Morgan fingerprint density at radius 2 is 2.04 bits per heavy atom. The van der Waals surface area contributed by atoms with Gasteiger partial charge in [-0.1, -0.05) is 17.7 Å². The molecule has 132 valence electrons. The lowest BCUT2D eigenvalue weighted by atomic mass is 10.1. The smallest absolute Gasteiger partial charge is 0.288 e. The van der Waals surface area contributed by atoms with E-state index >= 15 is 0 Å². The first-order valence-corrected chi connectivity index (χ1v) is 7.92. The van der Waals surface area contributed by atoms with Crippen molar-refractivity contribution in [3.8, 4) is 11.8 Å². The number of nitrogens with one attached hydrogen (secondary N) is 1. The minimum absolute atomic E-state index is 0.0236. The van der Waals surface area contributed by atoms with E-state index < -0.39 is 10.8 Å². The predicted octanol–water partition coefficient (Wildman–Crippen LogP) is 4.19. The minimum Gasteiger partial charge on any atom is -0.494 e. The lowest BCUT2D eigenvalue weighted by Crippen LogP contribution is -2.13. The van der Waals surface area contributed by atoms with E-state index in [1.165, 1.54) is 24.3 Å². The maximum atomic E-state index is 12.3. The maximum Gasteiger partial charge on any atom is 0.288 e. The molecule has 2 aromatic rings. The first kappa shape index (κ1) is 19.0. The van der Waals surface area contributed by atoms with Crippen molar-refractivity contribution >= 4 is 35.0 Å². The first-order chi connectivity index (χ1) is 12.4. The van der Waals surface area contributed by atoms with Gasteiger partial charge in [-0.05, 0) is 48.9 Å². The molecule has 1 N–H and O–H groups in total. The summed E-state index contributed by atoms with van der Waals surface area (Å²) in [4.78, 5) is 22.5. The van der Waals surface area contributed by atoms with E-state index in [-0.39, 0.29) is 16.3 Å². The van der Waals surface area contributed by atoms with Gasteiger partial charge in [-0.25, -0.2) is 0 Å². The van der Waals surface area contributed by atoms with Crippen molar-refractivity contribution in [3.05, 3.63) is 68.7 Å². The Morgan fingerprint density at radius 1 is 1.35 bits per heavy atom. The van der Waals surface area contributed by atoms with E-state index in [2.05, 4.69) is 5.32 Å². The summed E-state index contributed by atoms with van der Waals surface area (Å²) in [5.41, 5.74) is 0.307. The zero-order valence-electron chi connectivity index (χ0n) is 13.7. The summed E-state index contributed by atoms with van der Waals surface area (Å²) in [7, 11) is 0. The molecule has 0 aliphatic carbocycles. The standard InChI is InChI=1S/C18H14ClN3O4/c1-2-26-15-6-4-14(5-7-15)21-18(23)13(11-20)9-12-3-8-16(19)17(10-12)22(24)25/h3-10H,2H2,1H3,(H,21,23)/b13-9-. The van der Waals surface area contributed by atoms with Crippen molar-refractivity contribution in [2.75, 3.05) is 11.9 Å². The van der Waals surface area contributed by atoms with Crippen LogP contribution in [0.1, 0.15) is 12.5 Å². The number of nitro groups is 1. The quantitative estimate of drug-likeness (QED) is 0.354. The second kappa shape index (κ2) is 8.65. The van der Waals surface area contributed by atoms with Crippen molar-refractivity contribution in [3.63, 3.8) is 0 Å². The third-order valence-corrected chi connectivity index (χ3v) is 3.59. The molecule has 0 bridgehead atoms. The predicted molar refractivity (Wildman–Crippen MR) is 97.9 cm³/mol. The van der Waals surface area contributed by atoms with Crippen LogP contribution in [-0.4, -0.2) is 17.4 Å². The largest absolute Gasteiger partial charge is 0.494 e. The highest BCUT2D eigenvalue weighted by Crippen LogP contribution is 2.26. The molecule has 0 aliphatic rings. The fraction of sp³-hybridized carbons (Fsp3) is 0.111. The number of nitro benzene ring substituents is 1. The van der Waals surface area contributed by atoms with Crippen LogP contribution in [0.4, 0.5) is 11.4 Å². The molecule has 2 rings (SSSR count). The normalized spacial score (nSPS) is 10.7. The molecule has 0 fully saturated rings. The number of rotatable bonds is 6. The van der Waals surface area contributed by atoms with Gasteiger partial charge >= 0.3 is 0 Å². The maximum absolute atomic E-state index is 12.3. The molecule has 0 atom stereocenters. The second-order valence-electron chi connectivity index (χ2n) is 5.05. The molecule has 1 amide bonds. The number of hydrogen-bond acceptors (Lipinski definition) is 5. The van der Waals surface area contributed by atoms with E-state index in [4.69, 9.17) is 16.3 Å². The van der Waals surface area contributed by atoms with Crippen LogP contribution in [0.25, 0.3) is 6.08 Å². The van der Waals surface area contributed by atoms with E-state index in [0.717, 1.165) is 0 Å². The Bertz CT molecular complexity index is 902. The third-order valence-electron chi connectivity index (χ3n) is 3.27. The number of nitriles is 1. The van der Waals surface area contributed by atoms with Gasteiger partial charge in [0.05, 0.1) is 11.5 Å². The summed E-state index contributed by atoms with van der Waals surface area (Å²) in [6, 6.07) is 12.5. The van der Waals surface area contributed by atoms with Gasteiger partial charge in [-0.15, -0.1) is 0 Å². The number of benzene rings is 2. The Hall–Kier alpha value is -3.37. The van der Waals surface area contributed by atoms with Crippen LogP contribution in [0.15, 0.2) is 48.0 Å². The average molecular weight is 372 g/mol. The first-order valence-electron chi connectivity index (χ1n) is 7.54. The van der Waals surface area contributed by atoms with Crippen LogP contribution >= 0.6 is 11.6 Å². The van der Waals surface area contributed by atoms with E-state index in [9.17, 15) is 20.2 Å². The summed E-state index contributed by atoms with van der Waals surface area (Å²) >= 11 is 5.75. The fourth-order valence-electron chi connectivity index (χ4n) is 2.07. The summed E-state index contributed by atoms with van der Waals surface area (Å²) in [6.45, 7) is 2.39. The van der Waals surface area contributed by atoms with Crippen molar-refractivity contribution in [1.82, 2.24) is 0 Å². The molecule has 0 saturated carbocycles. The monoisotopic (exact) mass is 371 g/mol. The van der Waals surface area contributed by atoms with Crippen LogP contribution < -0.4 is 10.1 Å². The average Bonchev–Trinajstić information content (AvgIpc) is 2.62. The van der Waals surface area contributed by atoms with Crippen LogP contribution in [0.2, 0.25) is 5.02 Å². The van der Waals surface area contributed by atoms with Gasteiger partial charge in [-0.2, -0.15) is 5.26 Å². The summed E-state index contributed by atoms with van der Waals surface area (Å²) in [6.07, 6.45) is 1.26. The zero-order chi connectivity index (χ0) is 19.1. The van der Waals surface area contributed by atoms with Crippen LogP contribution in [0, 0.1) is 21.4 Å². The highest BCUT2D eigenvalue weighted by atomic mass is 35.5. The molecular formula is C18H14ClN3O4. The number of halogens is 1. The van der Waals surface area contributed by atoms with Gasteiger partial charge in [0.2, 0.25) is 0 Å². The molecule has 8 heteroatoms. The van der Waals surface area contributed by atoms with Gasteiger partial charge in [0.25, 0.3) is 11.6 Å². The highest BCUT2D eigenvalue weighted by molar-refractivity contribution is 6.32. The van der Waals surface area contributed by atoms with Crippen LogP contribution in [-0.2, 0) is 4.79 Å². The van der Waals surface area contributed by atoms with Crippen molar-refractivity contribution in [2.45, 2.75) is 6.92 Å². The molecule has 26 heavy (non-hydrogen) atoms. The van der Waals surface area contributed by atoms with Gasteiger partial charge in [-0.3, -0.25) is 14.9 Å². The molecule has 0 aliphatic heterocycles. The molecule has 2 aromatic carbocycles. The number of carbonyl (C=O) groups excluding carboxylic acids is 1. The summed E-state index contributed by atoms with van der Waals surface area (Å²) in [5, 5.41) is 22.7. The van der Waals surface area contributed by atoms with Crippen molar-refractivity contribution in [1.29, 1.82) is 5.26 Å². The van der Waals surface area contributed by atoms with Crippen LogP contribution in [0.5, 0.6) is 5.75 Å². The summed E-state index contributed by atoms with van der Waals surface area (Å²) < 4.78 is 5.31. The number of carbonyl (C=O) groups is 1. The Labute approximate surface area is 154 Å². The molecule has 0 aromatic heterocycles. The lowest BCUT2D eigenvalue weighted by Gasteiger charge is -2.06. The van der Waals surface area contributed by atoms with Gasteiger partial charge in [0, 0.05) is 11.8 Å². The van der Waals surface area contributed by atoms with E-state index in [0.29, 0.717) is 23.6 Å². The Balaban J connectivity index is 2.20. The van der Waals surface area contributed by atoms with Crippen molar-refractivity contribution in [2.24, 2.45) is 0 Å². The second-order valence-corrected chi connectivity index (χ2v) is 5.46. The molecule has 0 radical (unpaired) electrons. The number of hydrogen-bond donors (Lipinski definition) is 1. The molecule has 0 heterocycles. The van der Waals surface area contributed by atoms with Gasteiger partial charge < -0.3 is 10.1 Å². The summed E-state index contributed by atoms with van der Waals surface area (Å²) in [5.74, 6) is 0.0317. The van der Waals surface area contributed by atoms with Gasteiger partial charge in [0.15, 0.2) is 0 Å². The third kappa shape index (κ3) is 4.82. The highest BCUT2D eigenvalue weighted by Gasteiger charge is 2.14. The number of anilines is 1. The molecule has 0 saturated heterocycles. The van der Waals surface area contributed by atoms with Crippen molar-refractivity contribution < 1.29 is 14.5 Å². The molecule has 0 unspecified atom stereocenters. The van der Waals surface area contributed by atoms with E-state index in [1.54, 1.807) is 30.3 Å². The zero-order valence-corrected chi connectivity index (χ0v) is 14.5. The number of ether oxygens (including phenoxy) is 1. The van der Waals surface area contributed by atoms with E-state index in [1.807, 2.05) is 6.92 Å². The van der Waals surface area contributed by atoms with Crippen LogP contribution in [0.3, 0.4) is 0 Å². The number of nitrogens with zero attached hydrogens (tertiary/aromatic N) is 2. The van der Waals surface area contributed by atoms with Gasteiger partial charge in [0.1, 0.15) is 22.4 Å². The minimum atomic E-state index is -0.633.